The molecule has 1 aliphatic rings. The highest BCUT2D eigenvalue weighted by Gasteiger charge is 2.41. The van der Waals surface area contributed by atoms with E-state index in [1.165, 1.54) is 11.8 Å². The number of hydrogen-bond acceptors (Lipinski definition) is 3. The number of benzene rings is 3. The van der Waals surface area contributed by atoms with E-state index in [1.54, 1.807) is 6.07 Å². The first-order valence-corrected chi connectivity index (χ1v) is 10.6. The van der Waals surface area contributed by atoms with Crippen molar-refractivity contribution in [2.24, 2.45) is 0 Å². The standard InChI is InChI=1S/C25H18F3NO2S/c1-15-8-13-20(16(2)14-15)21-22(32-19-6-4-3-5-7-19)24(31)29(23(21)30)18-11-9-17(10-12-18)25(26,27)28/h3-14H,1-2H3. The molecular weight excluding hydrogens is 435 g/mol. The van der Waals surface area contributed by atoms with E-state index in [1.807, 2.05) is 56.3 Å². The first-order valence-electron chi connectivity index (χ1n) is 9.77. The van der Waals surface area contributed by atoms with Crippen LogP contribution >= 0.6 is 11.8 Å². The number of thioether (sulfide) groups is 1. The van der Waals surface area contributed by atoms with Gasteiger partial charge >= 0.3 is 6.18 Å². The lowest BCUT2D eigenvalue weighted by molar-refractivity contribution is -0.137. The summed E-state index contributed by atoms with van der Waals surface area (Å²) < 4.78 is 38.9. The summed E-state index contributed by atoms with van der Waals surface area (Å²) in [5, 5.41) is 0. The van der Waals surface area contributed by atoms with Crippen molar-refractivity contribution < 1.29 is 22.8 Å². The normalized spacial score (nSPS) is 14.5. The quantitative estimate of drug-likeness (QED) is 0.429. The number of alkyl halides is 3. The van der Waals surface area contributed by atoms with Crippen molar-refractivity contribution in [3.63, 3.8) is 0 Å². The maximum Gasteiger partial charge on any atom is 0.416 e. The number of hydrogen-bond donors (Lipinski definition) is 0. The molecule has 0 aliphatic carbocycles. The molecule has 162 valence electrons. The molecule has 32 heavy (non-hydrogen) atoms. The van der Waals surface area contributed by atoms with Crippen molar-refractivity contribution >= 4 is 34.8 Å². The third kappa shape index (κ3) is 4.08. The van der Waals surface area contributed by atoms with Crippen molar-refractivity contribution in [1.29, 1.82) is 0 Å². The number of rotatable bonds is 4. The molecular formula is C25H18F3NO2S. The highest BCUT2D eigenvalue weighted by Crippen LogP contribution is 2.42. The third-order valence-electron chi connectivity index (χ3n) is 5.11. The summed E-state index contributed by atoms with van der Waals surface area (Å²) in [5.41, 5.74) is 1.98. The zero-order valence-corrected chi connectivity index (χ0v) is 18.1. The van der Waals surface area contributed by atoms with Crippen LogP contribution in [0.2, 0.25) is 0 Å². The molecule has 3 nitrogen and oxygen atoms in total. The average Bonchev–Trinajstić information content (AvgIpc) is 2.98. The minimum Gasteiger partial charge on any atom is -0.268 e. The Bertz CT molecular complexity index is 1230. The molecule has 1 aliphatic heterocycles. The van der Waals surface area contributed by atoms with Crippen LogP contribution < -0.4 is 4.90 Å². The van der Waals surface area contributed by atoms with Crippen molar-refractivity contribution in [3.05, 3.63) is 100.0 Å². The fourth-order valence-corrected chi connectivity index (χ4v) is 4.58. The lowest BCUT2D eigenvalue weighted by atomic mass is 9.98. The molecule has 0 spiro atoms. The zero-order valence-electron chi connectivity index (χ0n) is 17.2. The topological polar surface area (TPSA) is 37.4 Å². The van der Waals surface area contributed by atoms with Gasteiger partial charge in [-0.25, -0.2) is 4.90 Å². The van der Waals surface area contributed by atoms with Crippen molar-refractivity contribution in [3.8, 4) is 0 Å². The lowest BCUT2D eigenvalue weighted by Crippen LogP contribution is -2.31. The first kappa shape index (κ1) is 21.9. The number of halogens is 3. The van der Waals surface area contributed by atoms with Crippen molar-refractivity contribution in [2.75, 3.05) is 4.90 Å². The van der Waals surface area contributed by atoms with Crippen LogP contribution in [-0.4, -0.2) is 11.8 Å². The molecule has 1 heterocycles. The molecule has 0 aromatic heterocycles. The number of imide groups is 1. The maximum absolute atomic E-state index is 13.4. The second-order valence-electron chi connectivity index (χ2n) is 7.43. The van der Waals surface area contributed by atoms with E-state index in [4.69, 9.17) is 0 Å². The van der Waals surface area contributed by atoms with Gasteiger partial charge in [-0.15, -0.1) is 0 Å². The highest BCUT2D eigenvalue weighted by atomic mass is 32.2. The molecule has 0 fully saturated rings. The summed E-state index contributed by atoms with van der Waals surface area (Å²) in [6.45, 7) is 3.79. The van der Waals surface area contributed by atoms with E-state index < -0.39 is 23.6 Å². The Balaban J connectivity index is 1.81. The van der Waals surface area contributed by atoms with Crippen LogP contribution in [0.5, 0.6) is 0 Å². The summed E-state index contributed by atoms with van der Waals surface area (Å²) in [7, 11) is 0. The second kappa shape index (κ2) is 8.31. The molecule has 2 amide bonds. The second-order valence-corrected chi connectivity index (χ2v) is 8.51. The van der Waals surface area contributed by atoms with Gasteiger partial charge in [-0.3, -0.25) is 9.59 Å². The van der Waals surface area contributed by atoms with Crippen molar-refractivity contribution in [2.45, 2.75) is 24.9 Å². The fourth-order valence-electron chi connectivity index (χ4n) is 3.58. The molecule has 4 rings (SSSR count). The van der Waals surface area contributed by atoms with Crippen LogP contribution in [0.3, 0.4) is 0 Å². The molecule has 0 unspecified atom stereocenters. The molecule has 0 bridgehead atoms. The minimum atomic E-state index is -4.51. The van der Waals surface area contributed by atoms with Crippen LogP contribution in [0, 0.1) is 13.8 Å². The Kier molecular flexibility index (Phi) is 5.69. The number of amides is 2. The van der Waals surface area contributed by atoms with Gasteiger partial charge in [0.2, 0.25) is 0 Å². The van der Waals surface area contributed by atoms with E-state index in [2.05, 4.69) is 0 Å². The van der Waals surface area contributed by atoms with Crippen molar-refractivity contribution in [1.82, 2.24) is 0 Å². The van der Waals surface area contributed by atoms with E-state index in [0.29, 0.717) is 5.56 Å². The van der Waals surface area contributed by atoms with Gasteiger partial charge in [-0.2, -0.15) is 13.2 Å². The van der Waals surface area contributed by atoms with Gasteiger partial charge in [0.1, 0.15) is 0 Å². The third-order valence-corrected chi connectivity index (χ3v) is 6.20. The number of aryl methyl sites for hydroxylation is 2. The van der Waals surface area contributed by atoms with Gasteiger partial charge in [0.25, 0.3) is 11.8 Å². The minimum absolute atomic E-state index is 0.0962. The van der Waals surface area contributed by atoms with Crippen LogP contribution in [0.4, 0.5) is 18.9 Å². The number of carbonyl (C=O) groups excluding carboxylic acids is 2. The maximum atomic E-state index is 13.4. The van der Waals surface area contributed by atoms with Crippen LogP contribution in [-0.2, 0) is 15.8 Å². The molecule has 0 N–H and O–H groups in total. The Morgan fingerprint density at radius 1 is 0.812 bits per heavy atom. The van der Waals surface area contributed by atoms with Gasteiger partial charge in [-0.05, 0) is 61.4 Å². The summed E-state index contributed by atoms with van der Waals surface area (Å²) in [4.78, 5) is 28.8. The summed E-state index contributed by atoms with van der Waals surface area (Å²) in [6, 6.07) is 18.8. The summed E-state index contributed by atoms with van der Waals surface area (Å²) in [6.07, 6.45) is -4.51. The van der Waals surface area contributed by atoms with Gasteiger partial charge in [0, 0.05) is 4.90 Å². The van der Waals surface area contributed by atoms with Gasteiger partial charge in [0.05, 0.1) is 21.7 Å². The smallest absolute Gasteiger partial charge is 0.268 e. The number of anilines is 1. The number of nitrogens with zero attached hydrogens (tertiary/aromatic N) is 1. The molecule has 0 saturated carbocycles. The van der Waals surface area contributed by atoms with E-state index in [9.17, 15) is 22.8 Å². The molecule has 0 radical (unpaired) electrons. The molecule has 0 atom stereocenters. The lowest BCUT2D eigenvalue weighted by Gasteiger charge is -2.16. The average molecular weight is 453 g/mol. The summed E-state index contributed by atoms with van der Waals surface area (Å²) >= 11 is 1.17. The first-order chi connectivity index (χ1) is 15.2. The van der Waals surface area contributed by atoms with Crippen LogP contribution in [0.15, 0.2) is 82.6 Å². The van der Waals surface area contributed by atoms with Crippen LogP contribution in [0.1, 0.15) is 22.3 Å². The monoisotopic (exact) mass is 453 g/mol. The Morgan fingerprint density at radius 3 is 2.06 bits per heavy atom. The Hall–Kier alpha value is -3.32. The summed E-state index contributed by atoms with van der Waals surface area (Å²) in [5.74, 6) is -1.11. The SMILES string of the molecule is Cc1ccc(C2=C(Sc3ccccc3)C(=O)N(c3ccc(C(F)(F)F)cc3)C2=O)c(C)c1. The van der Waals surface area contributed by atoms with E-state index in [-0.39, 0.29) is 16.2 Å². The molecule has 0 saturated heterocycles. The largest absolute Gasteiger partial charge is 0.416 e. The molecule has 7 heteroatoms. The van der Waals surface area contributed by atoms with E-state index in [0.717, 1.165) is 45.2 Å². The van der Waals surface area contributed by atoms with Gasteiger partial charge < -0.3 is 0 Å². The predicted octanol–water partition coefficient (Wildman–Crippen LogP) is 6.40. The van der Waals surface area contributed by atoms with Crippen LogP contribution in [0.25, 0.3) is 5.57 Å². The van der Waals surface area contributed by atoms with Gasteiger partial charge in [-0.1, -0.05) is 53.7 Å². The van der Waals surface area contributed by atoms with E-state index >= 15 is 0 Å². The molecule has 3 aromatic rings. The number of carbonyl (C=O) groups is 2. The Labute approximate surface area is 187 Å². The highest BCUT2D eigenvalue weighted by molar-refractivity contribution is 8.04. The molecule has 3 aromatic carbocycles. The predicted molar refractivity (Wildman–Crippen MR) is 119 cm³/mol. The van der Waals surface area contributed by atoms with Gasteiger partial charge in [0.15, 0.2) is 0 Å². The fraction of sp³-hybridized carbons (Fsp3) is 0.120. The Morgan fingerprint density at radius 2 is 1.47 bits per heavy atom. The zero-order chi connectivity index (χ0) is 23.0.